The Morgan fingerprint density at radius 1 is 1.03 bits per heavy atom. The van der Waals surface area contributed by atoms with Gasteiger partial charge in [-0.2, -0.15) is 0 Å². The van der Waals surface area contributed by atoms with E-state index in [1.807, 2.05) is 22.6 Å². The van der Waals surface area contributed by atoms with Crippen LogP contribution in [-0.2, 0) is 19.2 Å². The molecule has 1 atom stereocenters. The van der Waals surface area contributed by atoms with E-state index in [1.54, 1.807) is 19.1 Å². The van der Waals surface area contributed by atoms with Gasteiger partial charge < -0.3 is 26.2 Å². The lowest BCUT2D eigenvalue weighted by Crippen LogP contribution is -2.48. The van der Waals surface area contributed by atoms with Crippen LogP contribution in [0.4, 0.5) is 17.1 Å². The second-order valence-electron chi connectivity index (χ2n) is 7.56. The third kappa shape index (κ3) is 7.33. The second kappa shape index (κ2) is 12.2. The highest BCUT2D eigenvalue weighted by Crippen LogP contribution is 2.31. The average Bonchev–Trinajstić information content (AvgIpc) is 2.75. The molecule has 2 aromatic rings. The summed E-state index contributed by atoms with van der Waals surface area (Å²) in [5, 5.41) is 28.3. The molecule has 2 rings (SSSR count). The van der Waals surface area contributed by atoms with Crippen LogP contribution in [0.25, 0.3) is 0 Å². The van der Waals surface area contributed by atoms with Gasteiger partial charge >= 0.3 is 11.9 Å². The van der Waals surface area contributed by atoms with Gasteiger partial charge in [-0.15, -0.1) is 0 Å². The van der Waals surface area contributed by atoms with Crippen LogP contribution in [-0.4, -0.2) is 40.0 Å². The predicted octanol–water partition coefficient (Wildman–Crippen LogP) is 5.10. The molecule has 0 saturated carbocycles. The fourth-order valence-electron chi connectivity index (χ4n) is 3.01. The lowest BCUT2D eigenvalue weighted by Gasteiger charge is -2.21. The van der Waals surface area contributed by atoms with Gasteiger partial charge in [0.2, 0.25) is 5.91 Å². The molecule has 0 saturated heterocycles. The molecule has 0 aliphatic heterocycles. The summed E-state index contributed by atoms with van der Waals surface area (Å²) in [5.41, 5.74) is -1.58. The van der Waals surface area contributed by atoms with Gasteiger partial charge in [0.15, 0.2) is 0 Å². The Bertz CT molecular complexity index is 1160. The average molecular weight is 634 g/mol. The number of nitrogens with one attached hydrogen (secondary N) is 3. The molecule has 35 heavy (non-hydrogen) atoms. The molecule has 1 unspecified atom stereocenters. The number of anilines is 3. The Morgan fingerprint density at radius 3 is 2.09 bits per heavy atom. The molecule has 0 radical (unpaired) electrons. The van der Waals surface area contributed by atoms with Gasteiger partial charge in [0, 0.05) is 29.4 Å². The summed E-state index contributed by atoms with van der Waals surface area (Å²) in [7, 11) is 0. The van der Waals surface area contributed by atoms with E-state index in [2.05, 4.69) is 16.0 Å². The van der Waals surface area contributed by atoms with Crippen LogP contribution in [0, 0.1) is 8.99 Å². The number of carbonyl (C=O) groups is 4. The standard InChI is InChI=1S/C23H22Cl2IN3O6/c1-12(27-18-11-14(24)10-17(25)19(18)26)4-3-9-23(21(32)33,22(34)35)20(31)29-16-7-5-15(6-8-16)28-13(2)30/h3,5-12,27H,4H2,1-2H3,(H,28,30)(H,29,31)(H,32,33)(H,34,35)/b9-3+. The number of amides is 2. The summed E-state index contributed by atoms with van der Waals surface area (Å²) in [4.78, 5) is 47.9. The van der Waals surface area contributed by atoms with Crippen LogP contribution in [0.15, 0.2) is 48.6 Å². The van der Waals surface area contributed by atoms with Crippen molar-refractivity contribution < 1.29 is 29.4 Å². The maximum Gasteiger partial charge on any atom is 0.334 e. The molecule has 0 aliphatic carbocycles. The number of rotatable bonds is 10. The SMILES string of the molecule is CC(=O)Nc1ccc(NC(=O)C(/C=C/CC(C)Nc2cc(Cl)cc(Cl)c2I)(C(=O)O)C(=O)O)cc1. The molecule has 0 aliphatic rings. The molecule has 0 heterocycles. The number of carboxylic acids is 2. The maximum absolute atomic E-state index is 12.8. The van der Waals surface area contributed by atoms with Crippen molar-refractivity contribution in [3.8, 4) is 0 Å². The Morgan fingerprint density at radius 2 is 1.57 bits per heavy atom. The number of carboxylic acid groups (broad SMARTS) is 2. The summed E-state index contributed by atoms with van der Waals surface area (Å²) in [6, 6.07) is 8.77. The van der Waals surface area contributed by atoms with E-state index in [9.17, 15) is 29.4 Å². The van der Waals surface area contributed by atoms with Gasteiger partial charge in [0.05, 0.1) is 14.3 Å². The first-order chi connectivity index (χ1) is 16.4. The van der Waals surface area contributed by atoms with Gasteiger partial charge in [-0.25, -0.2) is 0 Å². The van der Waals surface area contributed by atoms with Crippen LogP contribution < -0.4 is 16.0 Å². The first-order valence-electron chi connectivity index (χ1n) is 10.1. The number of carbonyl (C=O) groups excluding carboxylic acids is 2. The number of hydrogen-bond acceptors (Lipinski definition) is 5. The van der Waals surface area contributed by atoms with E-state index in [0.29, 0.717) is 21.4 Å². The van der Waals surface area contributed by atoms with E-state index in [1.165, 1.54) is 37.3 Å². The molecule has 0 fully saturated rings. The van der Waals surface area contributed by atoms with Crippen molar-refractivity contribution in [2.75, 3.05) is 16.0 Å². The van der Waals surface area contributed by atoms with Crippen molar-refractivity contribution in [3.05, 3.63) is 62.2 Å². The van der Waals surface area contributed by atoms with Gasteiger partial charge in [0.1, 0.15) is 0 Å². The van der Waals surface area contributed by atoms with E-state index in [4.69, 9.17) is 23.2 Å². The predicted molar refractivity (Wildman–Crippen MR) is 143 cm³/mol. The van der Waals surface area contributed by atoms with E-state index >= 15 is 0 Å². The minimum atomic E-state index is -2.86. The molecular weight excluding hydrogens is 612 g/mol. The number of aliphatic carboxylic acids is 2. The molecule has 2 aromatic carbocycles. The zero-order valence-electron chi connectivity index (χ0n) is 18.6. The zero-order chi connectivity index (χ0) is 26.3. The first-order valence-corrected chi connectivity index (χ1v) is 11.9. The maximum atomic E-state index is 12.8. The minimum Gasteiger partial charge on any atom is -0.480 e. The number of halogens is 3. The smallest absolute Gasteiger partial charge is 0.334 e. The second-order valence-corrected chi connectivity index (χ2v) is 9.49. The highest BCUT2D eigenvalue weighted by Gasteiger charge is 2.52. The quantitative estimate of drug-likeness (QED) is 0.106. The summed E-state index contributed by atoms with van der Waals surface area (Å²) in [6.45, 7) is 3.12. The summed E-state index contributed by atoms with van der Waals surface area (Å²) < 4.78 is 0.735. The van der Waals surface area contributed by atoms with Crippen molar-refractivity contribution in [3.63, 3.8) is 0 Å². The van der Waals surface area contributed by atoms with Gasteiger partial charge in [0.25, 0.3) is 11.3 Å². The molecular formula is C23H22Cl2IN3O6. The molecule has 0 bridgehead atoms. The van der Waals surface area contributed by atoms with Crippen LogP contribution in [0.1, 0.15) is 20.3 Å². The van der Waals surface area contributed by atoms with E-state index in [-0.39, 0.29) is 24.1 Å². The summed E-state index contributed by atoms with van der Waals surface area (Å²) in [6.07, 6.45) is 2.37. The van der Waals surface area contributed by atoms with Gasteiger partial charge in [-0.3, -0.25) is 19.2 Å². The fraction of sp³-hybridized carbons (Fsp3) is 0.217. The normalized spacial score (nSPS) is 12.1. The summed E-state index contributed by atoms with van der Waals surface area (Å²) in [5.74, 6) is -5.23. The van der Waals surface area contributed by atoms with Crippen molar-refractivity contribution in [1.29, 1.82) is 0 Å². The molecule has 0 spiro atoms. The minimum absolute atomic E-state index is 0.159. The highest BCUT2D eigenvalue weighted by molar-refractivity contribution is 14.1. The molecule has 12 heteroatoms. The molecule has 2 amide bonds. The Hall–Kier alpha value is -2.83. The van der Waals surface area contributed by atoms with E-state index < -0.39 is 23.3 Å². The van der Waals surface area contributed by atoms with Crippen LogP contribution in [0.2, 0.25) is 10.0 Å². The van der Waals surface area contributed by atoms with Crippen LogP contribution >= 0.6 is 45.8 Å². The lowest BCUT2D eigenvalue weighted by molar-refractivity contribution is -0.163. The van der Waals surface area contributed by atoms with Crippen molar-refractivity contribution >= 4 is 86.6 Å². The molecule has 0 aromatic heterocycles. The number of hydrogen-bond donors (Lipinski definition) is 5. The van der Waals surface area contributed by atoms with Crippen molar-refractivity contribution in [1.82, 2.24) is 0 Å². The third-order valence-corrected chi connectivity index (χ3v) is 6.75. The Kier molecular flexibility index (Phi) is 9.92. The van der Waals surface area contributed by atoms with Gasteiger partial charge in [-0.1, -0.05) is 35.4 Å². The monoisotopic (exact) mass is 633 g/mol. The fourth-order valence-corrected chi connectivity index (χ4v) is 3.97. The Labute approximate surface area is 225 Å². The molecule has 186 valence electrons. The lowest BCUT2D eigenvalue weighted by atomic mass is 9.86. The van der Waals surface area contributed by atoms with Crippen molar-refractivity contribution in [2.45, 2.75) is 26.3 Å². The Balaban J connectivity index is 2.19. The largest absolute Gasteiger partial charge is 0.480 e. The van der Waals surface area contributed by atoms with Crippen molar-refractivity contribution in [2.24, 2.45) is 5.41 Å². The third-order valence-electron chi connectivity index (χ3n) is 4.75. The highest BCUT2D eigenvalue weighted by atomic mass is 127. The zero-order valence-corrected chi connectivity index (χ0v) is 22.2. The summed E-state index contributed by atoms with van der Waals surface area (Å²) >= 11 is 14.2. The van der Waals surface area contributed by atoms with Crippen LogP contribution in [0.3, 0.4) is 0 Å². The molecule has 5 N–H and O–H groups in total. The van der Waals surface area contributed by atoms with E-state index in [0.717, 1.165) is 9.65 Å². The van der Waals surface area contributed by atoms with Gasteiger partial charge in [-0.05, 0) is 72.3 Å². The number of benzene rings is 2. The molecule has 9 nitrogen and oxygen atoms in total. The topological polar surface area (TPSA) is 145 Å². The van der Waals surface area contributed by atoms with Crippen LogP contribution in [0.5, 0.6) is 0 Å². The first kappa shape index (κ1) is 28.4.